The van der Waals surface area contributed by atoms with E-state index in [1.54, 1.807) is 12.4 Å². The van der Waals surface area contributed by atoms with Crippen molar-refractivity contribution < 1.29 is 0 Å². The number of hydrogen-bond donors (Lipinski definition) is 2. The van der Waals surface area contributed by atoms with Crippen molar-refractivity contribution in [2.75, 3.05) is 19.6 Å². The molecule has 0 atom stereocenters. The van der Waals surface area contributed by atoms with Crippen LogP contribution in [0.4, 0.5) is 0 Å². The van der Waals surface area contributed by atoms with Crippen LogP contribution in [0.5, 0.6) is 0 Å². The van der Waals surface area contributed by atoms with Gasteiger partial charge in [0.2, 0.25) is 0 Å². The number of nitrogens with zero attached hydrogens (tertiary/aromatic N) is 4. The van der Waals surface area contributed by atoms with Crippen molar-refractivity contribution in [3.63, 3.8) is 0 Å². The van der Waals surface area contributed by atoms with Gasteiger partial charge in [-0.05, 0) is 30.5 Å². The highest BCUT2D eigenvalue weighted by molar-refractivity contribution is 6.35. The summed E-state index contributed by atoms with van der Waals surface area (Å²) in [5, 5.41) is 16.1. The van der Waals surface area contributed by atoms with Crippen LogP contribution < -0.4 is 10.6 Å². The lowest BCUT2D eigenvalue weighted by Gasteiger charge is -2.14. The molecule has 2 aromatic rings. The molecule has 26 heavy (non-hydrogen) atoms. The summed E-state index contributed by atoms with van der Waals surface area (Å²) in [6, 6.07) is 5.59. The molecule has 0 saturated heterocycles. The van der Waals surface area contributed by atoms with Crippen molar-refractivity contribution in [2.24, 2.45) is 4.99 Å². The van der Waals surface area contributed by atoms with Crippen molar-refractivity contribution in [1.29, 1.82) is 0 Å². The first-order valence-electron chi connectivity index (χ1n) is 8.96. The molecule has 6 nitrogen and oxygen atoms in total. The van der Waals surface area contributed by atoms with Crippen LogP contribution in [-0.4, -0.2) is 40.4 Å². The first kappa shape index (κ1) is 20.5. The van der Waals surface area contributed by atoms with E-state index in [2.05, 4.69) is 44.2 Å². The second kappa shape index (κ2) is 11.0. The molecule has 1 heterocycles. The van der Waals surface area contributed by atoms with Crippen molar-refractivity contribution in [3.05, 3.63) is 46.0 Å². The molecule has 0 radical (unpaired) electrons. The summed E-state index contributed by atoms with van der Waals surface area (Å²) in [6.45, 7) is 7.26. The number of guanidine groups is 1. The van der Waals surface area contributed by atoms with Crippen LogP contribution in [0.25, 0.3) is 0 Å². The fraction of sp³-hybridized carbons (Fsp3) is 0.500. The molecule has 8 heteroatoms. The second-order valence-corrected chi connectivity index (χ2v) is 6.71. The smallest absolute Gasteiger partial charge is 0.191 e. The summed E-state index contributed by atoms with van der Waals surface area (Å²) < 4.78 is 2.05. The highest BCUT2D eigenvalue weighted by Gasteiger charge is 2.04. The van der Waals surface area contributed by atoms with Crippen molar-refractivity contribution in [1.82, 2.24) is 25.4 Å². The van der Waals surface area contributed by atoms with Gasteiger partial charge in [-0.1, -0.05) is 43.1 Å². The van der Waals surface area contributed by atoms with Gasteiger partial charge in [-0.25, -0.2) is 0 Å². The van der Waals surface area contributed by atoms with E-state index in [1.807, 2.05) is 12.1 Å². The third-order valence-corrected chi connectivity index (χ3v) is 4.44. The molecule has 0 aliphatic carbocycles. The van der Waals surface area contributed by atoms with Gasteiger partial charge in [-0.2, -0.15) is 0 Å². The Morgan fingerprint density at radius 3 is 2.73 bits per heavy atom. The fourth-order valence-corrected chi connectivity index (χ4v) is 2.98. The Labute approximate surface area is 165 Å². The number of aryl methyl sites for hydroxylation is 1. The van der Waals surface area contributed by atoms with Crippen LogP contribution >= 0.6 is 23.2 Å². The normalized spacial score (nSPS) is 11.6. The van der Waals surface area contributed by atoms with E-state index in [9.17, 15) is 0 Å². The molecule has 0 unspecified atom stereocenters. The van der Waals surface area contributed by atoms with Crippen molar-refractivity contribution in [2.45, 2.75) is 39.7 Å². The van der Waals surface area contributed by atoms with E-state index >= 15 is 0 Å². The summed E-state index contributed by atoms with van der Waals surface area (Å²) in [5.74, 6) is 1.80. The molecule has 0 saturated carbocycles. The Morgan fingerprint density at radius 1 is 1.19 bits per heavy atom. The standard InChI is InChI=1S/C18H26Cl2N6/c1-3-8-21-18(23-10-11-26-13-24-25-17(26)4-2)22-9-7-14-5-6-15(19)12-16(14)20/h5-6,12-13H,3-4,7-11H2,1-2H3,(H2,21,22,23). The minimum atomic E-state index is 0.652. The van der Waals surface area contributed by atoms with Crippen LogP contribution in [0.2, 0.25) is 10.0 Å². The quantitative estimate of drug-likeness (QED) is 0.503. The predicted octanol–water partition coefficient (Wildman–Crippen LogP) is 3.34. The average Bonchev–Trinajstić information content (AvgIpc) is 3.08. The molecule has 142 valence electrons. The maximum Gasteiger partial charge on any atom is 0.191 e. The van der Waals surface area contributed by atoms with Crippen LogP contribution in [0.15, 0.2) is 29.5 Å². The SMILES string of the molecule is CCCN=C(NCCc1ccc(Cl)cc1Cl)NCCn1cnnc1CC. The fourth-order valence-electron chi connectivity index (χ4n) is 2.47. The molecule has 2 rings (SSSR count). The lowest BCUT2D eigenvalue weighted by molar-refractivity contribution is 0.631. The van der Waals surface area contributed by atoms with Gasteiger partial charge in [0.05, 0.1) is 0 Å². The molecule has 2 N–H and O–H groups in total. The van der Waals surface area contributed by atoms with E-state index in [0.29, 0.717) is 10.0 Å². The minimum Gasteiger partial charge on any atom is -0.356 e. The Bertz CT molecular complexity index is 713. The Kier molecular flexibility index (Phi) is 8.71. The Morgan fingerprint density at radius 2 is 2.00 bits per heavy atom. The van der Waals surface area contributed by atoms with Gasteiger partial charge in [-0.3, -0.25) is 4.99 Å². The molecule has 1 aromatic carbocycles. The largest absolute Gasteiger partial charge is 0.356 e. The monoisotopic (exact) mass is 396 g/mol. The summed E-state index contributed by atoms with van der Waals surface area (Å²) in [6.07, 6.45) is 4.44. The van der Waals surface area contributed by atoms with Gasteiger partial charge in [0.1, 0.15) is 12.2 Å². The third kappa shape index (κ3) is 6.50. The maximum absolute atomic E-state index is 6.22. The molecule has 0 aliphatic heterocycles. The molecule has 0 fully saturated rings. The number of rotatable bonds is 9. The van der Waals surface area contributed by atoms with E-state index in [0.717, 1.165) is 62.8 Å². The minimum absolute atomic E-state index is 0.652. The number of aromatic nitrogens is 3. The zero-order valence-electron chi connectivity index (χ0n) is 15.3. The lowest BCUT2D eigenvalue weighted by atomic mass is 10.1. The van der Waals surface area contributed by atoms with Gasteiger partial charge < -0.3 is 15.2 Å². The summed E-state index contributed by atoms with van der Waals surface area (Å²) in [5.41, 5.74) is 1.07. The highest BCUT2D eigenvalue weighted by atomic mass is 35.5. The van der Waals surface area contributed by atoms with E-state index < -0.39 is 0 Å². The summed E-state index contributed by atoms with van der Waals surface area (Å²) >= 11 is 12.2. The molecule has 0 amide bonds. The van der Waals surface area contributed by atoms with E-state index in [-0.39, 0.29) is 0 Å². The number of nitrogens with one attached hydrogen (secondary N) is 2. The van der Waals surface area contributed by atoms with Crippen LogP contribution in [0, 0.1) is 0 Å². The zero-order valence-corrected chi connectivity index (χ0v) is 16.8. The molecule has 0 spiro atoms. The third-order valence-electron chi connectivity index (χ3n) is 3.85. The maximum atomic E-state index is 6.22. The zero-order chi connectivity index (χ0) is 18.8. The second-order valence-electron chi connectivity index (χ2n) is 5.86. The molecular weight excluding hydrogens is 371 g/mol. The van der Waals surface area contributed by atoms with Crippen molar-refractivity contribution >= 4 is 29.2 Å². The number of aliphatic imine (C=N–C) groups is 1. The van der Waals surface area contributed by atoms with Gasteiger partial charge >= 0.3 is 0 Å². The topological polar surface area (TPSA) is 67.1 Å². The summed E-state index contributed by atoms with van der Waals surface area (Å²) in [4.78, 5) is 4.57. The van der Waals surface area contributed by atoms with Crippen LogP contribution in [-0.2, 0) is 19.4 Å². The average molecular weight is 397 g/mol. The van der Waals surface area contributed by atoms with Gasteiger partial charge in [0.25, 0.3) is 0 Å². The molecule has 0 aliphatic rings. The first-order valence-corrected chi connectivity index (χ1v) is 9.72. The van der Waals surface area contributed by atoms with Gasteiger partial charge in [0.15, 0.2) is 5.96 Å². The Balaban J connectivity index is 1.82. The summed E-state index contributed by atoms with van der Waals surface area (Å²) in [7, 11) is 0. The number of halogens is 2. The molecule has 1 aromatic heterocycles. The van der Waals surface area contributed by atoms with E-state index in [4.69, 9.17) is 23.2 Å². The lowest BCUT2D eigenvalue weighted by Crippen LogP contribution is -2.40. The number of benzene rings is 1. The molecular formula is C18H26Cl2N6. The van der Waals surface area contributed by atoms with Gasteiger partial charge in [-0.15, -0.1) is 10.2 Å². The number of hydrogen-bond acceptors (Lipinski definition) is 3. The molecule has 0 bridgehead atoms. The Hall–Kier alpha value is -1.79. The van der Waals surface area contributed by atoms with Crippen molar-refractivity contribution in [3.8, 4) is 0 Å². The van der Waals surface area contributed by atoms with Crippen LogP contribution in [0.3, 0.4) is 0 Å². The first-order chi connectivity index (χ1) is 12.6. The van der Waals surface area contributed by atoms with Gasteiger partial charge in [0, 0.05) is 42.6 Å². The van der Waals surface area contributed by atoms with E-state index in [1.165, 1.54) is 0 Å². The highest BCUT2D eigenvalue weighted by Crippen LogP contribution is 2.20. The van der Waals surface area contributed by atoms with Crippen LogP contribution in [0.1, 0.15) is 31.7 Å². The predicted molar refractivity (Wildman–Crippen MR) is 108 cm³/mol.